The molecule has 1 unspecified atom stereocenters. The predicted molar refractivity (Wildman–Crippen MR) is 218 cm³/mol. The van der Waals surface area contributed by atoms with Crippen molar-refractivity contribution in [2.45, 2.75) is 206 Å². The van der Waals surface area contributed by atoms with Crippen LogP contribution < -0.4 is 4.89 Å². The third-order valence-electron chi connectivity index (χ3n) is 9.54. The summed E-state index contributed by atoms with van der Waals surface area (Å²) in [7, 11) is 1.17. The van der Waals surface area contributed by atoms with E-state index in [0.717, 1.165) is 51.4 Å². The SMILES string of the molecule is CCCCCCCC/C=C/CCCCCCCC(=O)OC[C@H](COP(=O)([O-])OCC[N+](C)(C)C)OC(=O)CCCCCCCCCCCCCCCC. The van der Waals surface area contributed by atoms with Crippen molar-refractivity contribution in [3.63, 3.8) is 0 Å². The number of hydrogen-bond donors (Lipinski definition) is 0. The minimum absolute atomic E-state index is 0.0290. The van der Waals surface area contributed by atoms with Crippen LogP contribution in [0.4, 0.5) is 0 Å². The number of carbonyl (C=O) groups is 2. The molecule has 0 aliphatic rings. The smallest absolute Gasteiger partial charge is 0.306 e. The monoisotopic (exact) mass is 774 g/mol. The summed E-state index contributed by atoms with van der Waals surface area (Å²) in [5, 5.41) is 0. The van der Waals surface area contributed by atoms with Crippen molar-refractivity contribution in [2.75, 3.05) is 47.5 Å². The Labute approximate surface area is 326 Å². The molecule has 0 fully saturated rings. The van der Waals surface area contributed by atoms with E-state index < -0.39 is 26.5 Å². The van der Waals surface area contributed by atoms with Gasteiger partial charge in [-0.2, -0.15) is 0 Å². The second-order valence-corrected chi connectivity index (χ2v) is 17.5. The molecule has 0 bridgehead atoms. The van der Waals surface area contributed by atoms with E-state index in [1.807, 2.05) is 21.1 Å². The van der Waals surface area contributed by atoms with E-state index in [-0.39, 0.29) is 32.0 Å². The molecule has 10 heteroatoms. The first kappa shape index (κ1) is 51.8. The number of hydrogen-bond acceptors (Lipinski definition) is 8. The summed E-state index contributed by atoms with van der Waals surface area (Å²) in [5.74, 6) is -0.835. The van der Waals surface area contributed by atoms with E-state index in [2.05, 4.69) is 26.0 Å². The lowest BCUT2D eigenvalue weighted by molar-refractivity contribution is -0.870. The van der Waals surface area contributed by atoms with Crippen molar-refractivity contribution in [3.8, 4) is 0 Å². The molecule has 0 rings (SSSR count). The Morgan fingerprint density at radius 2 is 0.962 bits per heavy atom. The average molecular weight is 774 g/mol. The average Bonchev–Trinajstić information content (AvgIpc) is 3.10. The van der Waals surface area contributed by atoms with E-state index >= 15 is 0 Å². The highest BCUT2D eigenvalue weighted by atomic mass is 31.2. The predicted octanol–water partition coefficient (Wildman–Crippen LogP) is 11.6. The van der Waals surface area contributed by atoms with Gasteiger partial charge in [-0.05, 0) is 38.5 Å². The number of unbranched alkanes of at least 4 members (excludes halogenated alkanes) is 24. The van der Waals surface area contributed by atoms with Gasteiger partial charge in [-0.3, -0.25) is 14.2 Å². The first-order chi connectivity index (χ1) is 25.5. The first-order valence-corrected chi connectivity index (χ1v) is 23.4. The quantitative estimate of drug-likeness (QED) is 0.0199. The van der Waals surface area contributed by atoms with Crippen LogP contribution in [-0.4, -0.2) is 70.0 Å². The fraction of sp³-hybridized carbons (Fsp3) is 0.907. The van der Waals surface area contributed by atoms with Crippen LogP contribution >= 0.6 is 7.82 Å². The van der Waals surface area contributed by atoms with Gasteiger partial charge in [0.1, 0.15) is 19.8 Å². The van der Waals surface area contributed by atoms with Gasteiger partial charge in [0.15, 0.2) is 6.10 Å². The number of phosphoric acid groups is 1. The Kier molecular flexibility index (Phi) is 35.5. The van der Waals surface area contributed by atoms with Crippen LogP contribution in [0.1, 0.15) is 200 Å². The normalized spacial score (nSPS) is 13.7. The van der Waals surface area contributed by atoms with Crippen LogP contribution in [0.5, 0.6) is 0 Å². The molecule has 0 aliphatic carbocycles. The Hall–Kier alpha value is -1.25. The van der Waals surface area contributed by atoms with Crippen LogP contribution in [0.25, 0.3) is 0 Å². The topological polar surface area (TPSA) is 111 Å². The van der Waals surface area contributed by atoms with Crippen molar-refractivity contribution in [1.82, 2.24) is 0 Å². The van der Waals surface area contributed by atoms with Gasteiger partial charge >= 0.3 is 11.9 Å². The maximum absolute atomic E-state index is 12.6. The molecule has 0 aliphatic heterocycles. The number of allylic oxidation sites excluding steroid dienone is 2. The molecule has 0 saturated heterocycles. The van der Waals surface area contributed by atoms with Crippen LogP contribution in [-0.2, 0) is 32.7 Å². The molecular weight excluding hydrogens is 689 g/mol. The summed E-state index contributed by atoms with van der Waals surface area (Å²) in [4.78, 5) is 37.5. The van der Waals surface area contributed by atoms with Gasteiger partial charge in [0, 0.05) is 12.8 Å². The Balaban J connectivity index is 4.35. The van der Waals surface area contributed by atoms with E-state index in [1.54, 1.807) is 0 Å². The molecule has 0 aromatic carbocycles. The van der Waals surface area contributed by atoms with E-state index in [1.165, 1.54) is 116 Å². The van der Waals surface area contributed by atoms with Gasteiger partial charge in [0.25, 0.3) is 7.82 Å². The highest BCUT2D eigenvalue weighted by molar-refractivity contribution is 7.45. The van der Waals surface area contributed by atoms with E-state index in [9.17, 15) is 19.0 Å². The highest BCUT2D eigenvalue weighted by Crippen LogP contribution is 2.38. The molecular formula is C43H84NO8P. The molecule has 0 aromatic rings. The molecule has 9 nitrogen and oxygen atoms in total. The Bertz CT molecular complexity index is 922. The van der Waals surface area contributed by atoms with Crippen molar-refractivity contribution in [1.29, 1.82) is 0 Å². The first-order valence-electron chi connectivity index (χ1n) is 21.9. The fourth-order valence-electron chi connectivity index (χ4n) is 6.06. The summed E-state index contributed by atoms with van der Waals surface area (Å²) in [5.41, 5.74) is 0. The molecule has 0 N–H and O–H groups in total. The molecule has 0 heterocycles. The highest BCUT2D eigenvalue weighted by Gasteiger charge is 2.21. The van der Waals surface area contributed by atoms with Gasteiger partial charge in [0.2, 0.25) is 0 Å². The van der Waals surface area contributed by atoms with Crippen LogP contribution in [0.15, 0.2) is 12.2 Å². The van der Waals surface area contributed by atoms with E-state index in [4.69, 9.17) is 18.5 Å². The second kappa shape index (κ2) is 36.4. The lowest BCUT2D eigenvalue weighted by Gasteiger charge is -2.28. The number of carbonyl (C=O) groups excluding carboxylic acids is 2. The Morgan fingerprint density at radius 3 is 1.40 bits per heavy atom. The van der Waals surface area contributed by atoms with Crippen molar-refractivity contribution in [3.05, 3.63) is 12.2 Å². The Morgan fingerprint density at radius 1 is 0.566 bits per heavy atom. The van der Waals surface area contributed by atoms with Gasteiger partial charge in [-0.1, -0.05) is 161 Å². The molecule has 0 spiro atoms. The van der Waals surface area contributed by atoms with Crippen LogP contribution in [0.2, 0.25) is 0 Å². The number of esters is 2. The summed E-state index contributed by atoms with van der Waals surface area (Å²) >= 11 is 0. The van der Waals surface area contributed by atoms with Crippen LogP contribution in [0, 0.1) is 0 Å². The maximum atomic E-state index is 12.6. The minimum atomic E-state index is -4.62. The van der Waals surface area contributed by atoms with Gasteiger partial charge < -0.3 is 27.9 Å². The van der Waals surface area contributed by atoms with Crippen molar-refractivity contribution in [2.24, 2.45) is 0 Å². The minimum Gasteiger partial charge on any atom is -0.756 e. The van der Waals surface area contributed by atoms with Gasteiger partial charge in [0.05, 0.1) is 27.7 Å². The van der Waals surface area contributed by atoms with Crippen molar-refractivity contribution >= 4 is 19.8 Å². The number of nitrogens with zero attached hydrogens (tertiary/aromatic N) is 1. The van der Waals surface area contributed by atoms with E-state index in [0.29, 0.717) is 17.4 Å². The zero-order valence-electron chi connectivity index (χ0n) is 35.2. The number of phosphoric ester groups is 1. The van der Waals surface area contributed by atoms with Crippen molar-refractivity contribution < 1.29 is 42.1 Å². The molecule has 53 heavy (non-hydrogen) atoms. The summed E-state index contributed by atoms with van der Waals surface area (Å²) in [6, 6.07) is 0. The molecule has 0 aromatic heterocycles. The zero-order valence-corrected chi connectivity index (χ0v) is 36.1. The molecule has 0 saturated carbocycles. The number of rotatable bonds is 40. The molecule has 0 amide bonds. The number of ether oxygens (including phenoxy) is 2. The molecule has 314 valence electrons. The largest absolute Gasteiger partial charge is 0.756 e. The van der Waals surface area contributed by atoms with Gasteiger partial charge in [-0.15, -0.1) is 0 Å². The fourth-order valence-corrected chi connectivity index (χ4v) is 6.79. The molecule has 0 radical (unpaired) electrons. The second-order valence-electron chi connectivity index (χ2n) is 16.1. The standard InChI is InChI=1S/C43H84NO8P/c1-6-8-10-12-14-16-18-20-22-24-25-27-29-31-33-35-42(45)49-39-41(40-51-53(47,48)50-38-37-44(3,4)5)52-43(46)36-34-32-30-28-26-23-21-19-17-15-13-11-9-7-2/h20,22,41H,6-19,21,23-40H2,1-5H3/b22-20+/t41-/m1/s1. The summed E-state index contributed by atoms with van der Waals surface area (Å²) in [6.45, 7) is 4.23. The maximum Gasteiger partial charge on any atom is 0.306 e. The third-order valence-corrected chi connectivity index (χ3v) is 10.5. The lowest BCUT2D eigenvalue weighted by atomic mass is 10.0. The molecule has 2 atom stereocenters. The summed E-state index contributed by atoms with van der Waals surface area (Å²) < 4.78 is 33.9. The summed E-state index contributed by atoms with van der Waals surface area (Å²) in [6.07, 6.45) is 36.6. The number of quaternary nitrogens is 1. The zero-order chi connectivity index (χ0) is 39.3. The lowest BCUT2D eigenvalue weighted by Crippen LogP contribution is -2.37. The number of likely N-dealkylation sites (N-methyl/N-ethyl adjacent to an activating group) is 1. The third kappa shape index (κ3) is 40.2. The van der Waals surface area contributed by atoms with Crippen LogP contribution in [0.3, 0.4) is 0 Å². The van der Waals surface area contributed by atoms with Gasteiger partial charge in [-0.25, -0.2) is 0 Å².